The fourth-order valence-corrected chi connectivity index (χ4v) is 3.61. The molecule has 0 bridgehead atoms. The molecule has 4 rings (SSSR count). The van der Waals surface area contributed by atoms with Crippen molar-refractivity contribution in [2.24, 2.45) is 5.73 Å². The van der Waals surface area contributed by atoms with Crippen molar-refractivity contribution in [2.45, 2.75) is 19.3 Å². The normalized spacial score (nSPS) is 11.6. The topological polar surface area (TPSA) is 103 Å². The Morgan fingerprint density at radius 1 is 1.18 bits per heavy atom. The van der Waals surface area contributed by atoms with Gasteiger partial charge in [0.25, 0.3) is 5.91 Å². The van der Waals surface area contributed by atoms with Crippen molar-refractivity contribution in [2.75, 3.05) is 7.11 Å². The van der Waals surface area contributed by atoms with Gasteiger partial charge in [-0.1, -0.05) is 23.7 Å². The summed E-state index contributed by atoms with van der Waals surface area (Å²) in [6, 6.07) is 12.1. The minimum atomic E-state index is -4.63. The summed E-state index contributed by atoms with van der Waals surface area (Å²) in [5.41, 5.74) is 5.76. The number of nitrogens with one attached hydrogen (secondary N) is 1. The van der Waals surface area contributed by atoms with Crippen molar-refractivity contribution in [3.8, 4) is 17.2 Å². The van der Waals surface area contributed by atoms with Crippen molar-refractivity contribution < 1.29 is 27.1 Å². The highest BCUT2D eigenvalue weighted by molar-refractivity contribution is 6.30. The van der Waals surface area contributed by atoms with Crippen LogP contribution in [0.25, 0.3) is 22.4 Å². The van der Waals surface area contributed by atoms with Crippen molar-refractivity contribution in [3.63, 3.8) is 0 Å². The predicted molar refractivity (Wildman–Crippen MR) is 119 cm³/mol. The maximum atomic E-state index is 13.2. The molecule has 11 heteroatoms. The van der Waals surface area contributed by atoms with Crippen LogP contribution in [0.5, 0.6) is 5.75 Å². The molecule has 2 aromatic carbocycles. The van der Waals surface area contributed by atoms with E-state index < -0.39 is 17.8 Å². The van der Waals surface area contributed by atoms with Gasteiger partial charge in [0.05, 0.1) is 13.7 Å². The van der Waals surface area contributed by atoms with E-state index in [9.17, 15) is 18.0 Å². The zero-order valence-electron chi connectivity index (χ0n) is 17.7. The Labute approximate surface area is 196 Å². The molecule has 2 aromatic heterocycles. The molecule has 0 unspecified atom stereocenters. The molecule has 176 valence electrons. The Kier molecular flexibility index (Phi) is 6.45. The highest BCUT2D eigenvalue weighted by atomic mass is 35.5. The monoisotopic (exact) mass is 490 g/mol. The fourth-order valence-electron chi connectivity index (χ4n) is 3.40. The van der Waals surface area contributed by atoms with E-state index in [0.717, 1.165) is 11.6 Å². The summed E-state index contributed by atoms with van der Waals surface area (Å²) in [6.07, 6.45) is -4.63. The van der Waals surface area contributed by atoms with Crippen molar-refractivity contribution in [1.29, 1.82) is 0 Å². The third-order valence-corrected chi connectivity index (χ3v) is 5.24. The fraction of sp³-hybridized carbons (Fsp3) is 0.174. The molecule has 2 heterocycles. The van der Waals surface area contributed by atoms with E-state index in [-0.39, 0.29) is 41.7 Å². The summed E-state index contributed by atoms with van der Waals surface area (Å²) in [5, 5.41) is 3.57. The second-order valence-electron chi connectivity index (χ2n) is 7.21. The van der Waals surface area contributed by atoms with Crippen molar-refractivity contribution >= 4 is 28.4 Å². The van der Waals surface area contributed by atoms with Crippen LogP contribution in [0.1, 0.15) is 27.5 Å². The number of benzene rings is 2. The molecule has 0 saturated heterocycles. The second kappa shape index (κ2) is 9.32. The lowest BCUT2D eigenvalue weighted by Crippen LogP contribution is -2.24. The number of hydrogen-bond acceptors (Lipinski definition) is 6. The first-order valence-corrected chi connectivity index (χ1v) is 10.4. The smallest absolute Gasteiger partial charge is 0.433 e. The molecule has 1 amide bonds. The number of halogens is 4. The number of hydrogen-bond donors (Lipinski definition) is 2. The molecule has 0 atom stereocenters. The van der Waals surface area contributed by atoms with Crippen LogP contribution in [0, 0.1) is 0 Å². The number of methoxy groups -OCH3 is 1. The molecule has 0 aliphatic rings. The Morgan fingerprint density at radius 2 is 1.97 bits per heavy atom. The molecular formula is C23H18ClF3N4O3. The molecular weight excluding hydrogens is 473 g/mol. The first kappa shape index (κ1) is 23.5. The summed E-state index contributed by atoms with van der Waals surface area (Å²) < 4.78 is 50.4. The van der Waals surface area contributed by atoms with Crippen molar-refractivity contribution in [3.05, 3.63) is 76.3 Å². The number of pyridine rings is 1. The predicted octanol–water partition coefficient (Wildman–Crippen LogP) is 4.96. The first-order valence-electron chi connectivity index (χ1n) is 9.99. The third-order valence-electron chi connectivity index (χ3n) is 5.00. The van der Waals surface area contributed by atoms with E-state index >= 15 is 0 Å². The number of amides is 1. The number of oxazole rings is 1. The van der Waals surface area contributed by atoms with Crippen LogP contribution in [0.3, 0.4) is 0 Å². The van der Waals surface area contributed by atoms with Gasteiger partial charge in [-0.2, -0.15) is 13.2 Å². The Morgan fingerprint density at radius 3 is 2.65 bits per heavy atom. The number of rotatable bonds is 6. The molecule has 0 aliphatic heterocycles. The molecule has 0 saturated carbocycles. The van der Waals surface area contributed by atoms with E-state index in [1.165, 1.54) is 19.2 Å². The Hall–Kier alpha value is -3.63. The van der Waals surface area contributed by atoms with Gasteiger partial charge in [0, 0.05) is 22.5 Å². The van der Waals surface area contributed by atoms with E-state index in [1.807, 2.05) is 0 Å². The zero-order chi connectivity index (χ0) is 24.5. The summed E-state index contributed by atoms with van der Waals surface area (Å²) in [7, 11) is 1.33. The minimum Gasteiger partial charge on any atom is -0.494 e. The second-order valence-corrected chi connectivity index (χ2v) is 7.65. The summed E-state index contributed by atoms with van der Waals surface area (Å²) in [4.78, 5) is 20.8. The largest absolute Gasteiger partial charge is 0.494 e. The summed E-state index contributed by atoms with van der Waals surface area (Å²) in [6.45, 7) is 0.0820. The standard InChI is InChI=1S/C23H18ClF3N4O3/c1-33-16-7-5-15(14-6-8-18(23(25,26)27)30-19(14)16)22-31-20(17(10-28)34-22)21(32)29-11-12-3-2-4-13(24)9-12/h2-9H,10-11,28H2,1H3,(H,29,32). The van der Waals surface area contributed by atoms with Crippen molar-refractivity contribution in [1.82, 2.24) is 15.3 Å². The highest BCUT2D eigenvalue weighted by Crippen LogP contribution is 2.36. The van der Waals surface area contributed by atoms with Crippen LogP contribution in [0.4, 0.5) is 13.2 Å². The van der Waals surface area contributed by atoms with Crippen LogP contribution in [-0.4, -0.2) is 23.0 Å². The van der Waals surface area contributed by atoms with E-state index in [4.69, 9.17) is 26.5 Å². The van der Waals surface area contributed by atoms with Gasteiger partial charge in [-0.3, -0.25) is 4.79 Å². The maximum absolute atomic E-state index is 13.2. The molecule has 0 radical (unpaired) electrons. The van der Waals surface area contributed by atoms with Crippen LogP contribution in [0.2, 0.25) is 5.02 Å². The number of nitrogens with two attached hydrogens (primary N) is 1. The highest BCUT2D eigenvalue weighted by Gasteiger charge is 2.33. The van der Waals surface area contributed by atoms with E-state index in [1.54, 1.807) is 30.3 Å². The molecule has 3 N–H and O–H groups in total. The number of ether oxygens (including phenoxy) is 1. The number of aromatic nitrogens is 2. The Bertz CT molecular complexity index is 1370. The van der Waals surface area contributed by atoms with Gasteiger partial charge in [0.1, 0.15) is 17.0 Å². The lowest BCUT2D eigenvalue weighted by molar-refractivity contribution is -0.140. The molecule has 34 heavy (non-hydrogen) atoms. The molecule has 7 nitrogen and oxygen atoms in total. The van der Waals surface area contributed by atoms with Crippen LogP contribution >= 0.6 is 11.6 Å². The molecule has 0 spiro atoms. The lowest BCUT2D eigenvalue weighted by Gasteiger charge is -2.11. The average Bonchev–Trinajstić information content (AvgIpc) is 3.25. The number of carbonyl (C=O) groups excluding carboxylic acids is 1. The third kappa shape index (κ3) is 4.68. The summed E-state index contributed by atoms with van der Waals surface area (Å²) >= 11 is 5.97. The first-order chi connectivity index (χ1) is 16.2. The number of nitrogens with zero attached hydrogens (tertiary/aromatic N) is 2. The van der Waals surface area contributed by atoms with Gasteiger partial charge < -0.3 is 20.2 Å². The van der Waals surface area contributed by atoms with E-state index in [0.29, 0.717) is 16.0 Å². The lowest BCUT2D eigenvalue weighted by atomic mass is 10.1. The van der Waals surface area contributed by atoms with Gasteiger partial charge >= 0.3 is 6.18 Å². The average molecular weight is 491 g/mol. The van der Waals surface area contributed by atoms with Gasteiger partial charge in [-0.05, 0) is 42.0 Å². The van der Waals surface area contributed by atoms with E-state index in [2.05, 4.69) is 15.3 Å². The summed E-state index contributed by atoms with van der Waals surface area (Å²) in [5.74, 6) is -0.231. The van der Waals surface area contributed by atoms with Crippen LogP contribution in [-0.2, 0) is 19.3 Å². The quantitative estimate of drug-likeness (QED) is 0.396. The van der Waals surface area contributed by atoms with Crippen LogP contribution in [0.15, 0.2) is 52.9 Å². The number of carbonyl (C=O) groups is 1. The maximum Gasteiger partial charge on any atom is 0.433 e. The zero-order valence-corrected chi connectivity index (χ0v) is 18.5. The van der Waals surface area contributed by atoms with Gasteiger partial charge in [0.15, 0.2) is 11.5 Å². The Balaban J connectivity index is 1.71. The van der Waals surface area contributed by atoms with Gasteiger partial charge in [-0.25, -0.2) is 9.97 Å². The van der Waals surface area contributed by atoms with Crippen LogP contribution < -0.4 is 15.8 Å². The molecule has 0 aliphatic carbocycles. The minimum absolute atomic E-state index is 0.0163. The molecule has 4 aromatic rings. The number of alkyl halides is 3. The molecule has 0 fully saturated rings. The van der Waals surface area contributed by atoms with Gasteiger partial charge in [-0.15, -0.1) is 0 Å². The SMILES string of the molecule is COc1ccc(-c2nc(C(=O)NCc3cccc(Cl)c3)c(CN)o2)c2ccc(C(F)(F)F)nc12. The van der Waals surface area contributed by atoms with Gasteiger partial charge in [0.2, 0.25) is 5.89 Å². The number of fused-ring (bicyclic) bond motifs is 1.